The lowest BCUT2D eigenvalue weighted by atomic mass is 10.1. The number of rotatable bonds is 27. The molecule has 0 N–H and O–H groups in total. The lowest BCUT2D eigenvalue weighted by molar-refractivity contribution is -0.143. The molecule has 1 atom stereocenters. The number of esters is 8. The molecule has 8 aromatic carbocycles. The molecule has 1 unspecified atom stereocenters. The van der Waals surface area contributed by atoms with Crippen LogP contribution >= 0.6 is 0 Å². The highest BCUT2D eigenvalue weighted by Gasteiger charge is 2.22. The van der Waals surface area contributed by atoms with Crippen molar-refractivity contribution in [2.24, 2.45) is 0 Å². The van der Waals surface area contributed by atoms with Crippen molar-refractivity contribution in [2.45, 2.75) is 73.8 Å². The quantitative estimate of drug-likeness (QED) is 0.0152. The molecule has 0 bridgehead atoms. The number of hydrogen-bond acceptors (Lipinski definition) is 25. The van der Waals surface area contributed by atoms with Gasteiger partial charge in [-0.1, -0.05) is 78.2 Å². The van der Waals surface area contributed by atoms with Gasteiger partial charge in [-0.3, -0.25) is 4.79 Å². The van der Waals surface area contributed by atoms with Crippen LogP contribution in [0.25, 0.3) is 0 Å². The summed E-state index contributed by atoms with van der Waals surface area (Å²) in [6, 6.07) is 51.8. The van der Waals surface area contributed by atoms with Gasteiger partial charge in [-0.2, -0.15) is 0 Å². The molecule has 0 fully saturated rings. The van der Waals surface area contributed by atoms with Gasteiger partial charge in [0.1, 0.15) is 59.2 Å². The summed E-state index contributed by atoms with van der Waals surface area (Å²) in [5.41, 5.74) is 5.89. The van der Waals surface area contributed by atoms with Crippen LogP contribution in [-0.2, 0) is 42.9 Å². The first kappa shape index (κ1) is 80.1. The summed E-state index contributed by atoms with van der Waals surface area (Å²) >= 11 is 0. The second kappa shape index (κ2) is 44.4. The van der Waals surface area contributed by atoms with E-state index in [0.29, 0.717) is 76.2 Å². The summed E-state index contributed by atoms with van der Waals surface area (Å²) in [5, 5.41) is 33.5. The number of aryl methyl sites for hydroxylation is 4. The Morgan fingerprint density at radius 1 is 0.327 bits per heavy atom. The smallest absolute Gasteiger partial charge is 0.352 e. The van der Waals surface area contributed by atoms with Gasteiger partial charge in [-0.05, 0) is 199 Å². The van der Waals surface area contributed by atoms with E-state index < -0.39 is 48.5 Å². The van der Waals surface area contributed by atoms with Crippen molar-refractivity contribution in [3.8, 4) is 71.0 Å². The molecular weight excluding hydrogens is 1300 g/mol. The second-order valence-electron chi connectivity index (χ2n) is 20.7. The molecule has 0 spiro atoms. The van der Waals surface area contributed by atoms with E-state index in [-0.39, 0.29) is 57.1 Å². The molecule has 0 heterocycles. The first-order valence-electron chi connectivity index (χ1n) is 30.3. The molecule has 0 saturated heterocycles. The van der Waals surface area contributed by atoms with Gasteiger partial charge >= 0.3 is 47.8 Å². The van der Waals surface area contributed by atoms with Gasteiger partial charge in [0.05, 0.1) is 35.5 Å². The Bertz CT molecular complexity index is 4140. The number of unbranched alkanes of at least 4 members (excludes halogenated alkanes) is 2. The minimum absolute atomic E-state index is 0. The molecule has 101 heavy (non-hydrogen) atoms. The average Bonchev–Trinajstić information content (AvgIpc) is 0.994. The Labute approximate surface area is 582 Å². The van der Waals surface area contributed by atoms with E-state index in [9.17, 15) is 38.4 Å². The van der Waals surface area contributed by atoms with Gasteiger partial charge in [0.15, 0.2) is 12.7 Å². The van der Waals surface area contributed by atoms with Crippen LogP contribution in [-0.4, -0.2) is 86.9 Å². The Hall–Kier alpha value is -13.4. The molecule has 0 amide bonds. The van der Waals surface area contributed by atoms with Crippen molar-refractivity contribution >= 4 is 47.8 Å². The molecule has 0 saturated carbocycles. The first-order chi connectivity index (χ1) is 48.2. The number of carbonyl (C=O) groups is 8. The third kappa shape index (κ3) is 31.4. The Morgan fingerprint density at radius 3 is 0.980 bits per heavy atom. The maximum atomic E-state index is 12.0. The fourth-order valence-corrected chi connectivity index (χ4v) is 7.69. The normalized spacial score (nSPS) is 9.99. The Morgan fingerprint density at radius 2 is 0.624 bits per heavy atom. The van der Waals surface area contributed by atoms with Gasteiger partial charge in [0.25, 0.3) is 25.0 Å². The third-order valence-electron chi connectivity index (χ3n) is 12.9. The number of hydrogen-bond donors (Lipinski definition) is 0. The third-order valence-corrected chi connectivity index (χ3v) is 12.9. The first-order valence-corrected chi connectivity index (χ1v) is 30.3. The van der Waals surface area contributed by atoms with E-state index in [4.69, 9.17) is 63.7 Å². The van der Waals surface area contributed by atoms with Gasteiger partial charge in [-0.25, -0.2) is 33.6 Å². The van der Waals surface area contributed by atoms with Crippen molar-refractivity contribution in [1.29, 1.82) is 21.0 Å². The van der Waals surface area contributed by atoms with Crippen LogP contribution < -0.4 is 37.9 Å². The lowest BCUT2D eigenvalue weighted by Crippen LogP contribution is -2.28. The van der Waals surface area contributed by atoms with Crippen molar-refractivity contribution in [3.63, 3.8) is 0 Å². The molecule has 25 heteroatoms. The molecule has 25 nitrogen and oxygen atoms in total. The van der Waals surface area contributed by atoms with Crippen LogP contribution in [0.4, 0.5) is 0 Å². The number of ether oxygens (including phenoxy) is 13. The molecule has 0 aliphatic heterocycles. The highest BCUT2D eigenvalue weighted by atomic mass is 16.6. The lowest BCUT2D eigenvalue weighted by Gasteiger charge is -2.12. The summed E-state index contributed by atoms with van der Waals surface area (Å²) in [6.07, 6.45) is 7.49. The highest BCUT2D eigenvalue weighted by Crippen LogP contribution is 2.22. The molecule has 8 rings (SSSR count). The van der Waals surface area contributed by atoms with E-state index >= 15 is 0 Å². The van der Waals surface area contributed by atoms with Crippen molar-refractivity contribution in [2.75, 3.05) is 33.0 Å². The zero-order valence-corrected chi connectivity index (χ0v) is 54.8. The SMILES string of the molecule is C.Cc1ccc(C(=O)OC(C)C(=O)Oc2ccc(OC#N)cc2)cc1.Cc1ccc(C(=O)OCC(=O)Oc2ccc(OC#N)cc2)cc1.Cc1ccc(C(=O)OCCCCCC(=O)Oc2ccc(OC#N)cc2)cc1.Cc1ccc(C(=O)OCCOCC(=O)Oc2ccc(OC#N)cc2)cc1. The van der Waals surface area contributed by atoms with Crippen LogP contribution in [0.2, 0.25) is 0 Å². The van der Waals surface area contributed by atoms with Gasteiger partial charge in [0.2, 0.25) is 0 Å². The summed E-state index contributed by atoms with van der Waals surface area (Å²) < 4.78 is 64.2. The zero-order valence-electron chi connectivity index (χ0n) is 54.8. The molecule has 520 valence electrons. The monoisotopic (exact) mass is 1370 g/mol. The Balaban J connectivity index is 0.000000285. The van der Waals surface area contributed by atoms with E-state index in [0.717, 1.165) is 28.7 Å². The minimum Gasteiger partial charge on any atom is -0.462 e. The van der Waals surface area contributed by atoms with Crippen LogP contribution in [0, 0.1) is 73.8 Å². The van der Waals surface area contributed by atoms with Crippen LogP contribution in [0.3, 0.4) is 0 Å². The zero-order chi connectivity index (χ0) is 72.4. The summed E-state index contributed by atoms with van der Waals surface area (Å²) in [5.74, 6) is -1.72. The fourth-order valence-electron chi connectivity index (χ4n) is 7.69. The number of nitrogens with zero attached hydrogens (tertiary/aromatic N) is 4. The van der Waals surface area contributed by atoms with Crippen molar-refractivity contribution < 1.29 is 99.9 Å². The summed E-state index contributed by atoms with van der Waals surface area (Å²) in [6.45, 7) is 8.77. The molecule has 8 aromatic rings. The fraction of sp³-hybridized carbons (Fsp3) is 0.211. The molecule has 0 aliphatic carbocycles. The highest BCUT2D eigenvalue weighted by molar-refractivity contribution is 5.92. The maximum Gasteiger partial charge on any atom is 0.352 e. The summed E-state index contributed by atoms with van der Waals surface area (Å²) in [7, 11) is 0. The van der Waals surface area contributed by atoms with Crippen LogP contribution in [0.5, 0.6) is 46.0 Å². The Kier molecular flexibility index (Phi) is 35.2. The topological polar surface area (TPSA) is 352 Å². The minimum atomic E-state index is -1.06. The van der Waals surface area contributed by atoms with E-state index in [1.54, 1.807) is 110 Å². The van der Waals surface area contributed by atoms with E-state index in [1.165, 1.54) is 92.2 Å². The largest absolute Gasteiger partial charge is 0.462 e. The van der Waals surface area contributed by atoms with Crippen molar-refractivity contribution in [1.82, 2.24) is 0 Å². The van der Waals surface area contributed by atoms with Crippen LogP contribution in [0.1, 0.15) is 104 Å². The predicted molar refractivity (Wildman–Crippen MR) is 360 cm³/mol. The van der Waals surface area contributed by atoms with Crippen molar-refractivity contribution in [3.05, 3.63) is 239 Å². The van der Waals surface area contributed by atoms with E-state index in [2.05, 4.69) is 18.9 Å². The van der Waals surface area contributed by atoms with Gasteiger partial charge in [0, 0.05) is 6.42 Å². The predicted octanol–water partition coefficient (Wildman–Crippen LogP) is 13.1. The molecule has 0 aromatic heterocycles. The second-order valence-corrected chi connectivity index (χ2v) is 20.7. The standard InChI is InChI=1S/C21H21NO5.C19H17NO6.C18H15NO5.C17H13NO5.CH4/c1-16-6-8-17(9-7-16)21(24)25-14-4-2-3-5-20(23)27-19-12-10-18(11-13-19)26-15-22;1-14-2-4-15(5-3-14)19(22)24-11-10-23-12-18(21)26-17-8-6-16(7-9-17)25-13-20;1-12-3-5-14(6-4-12)18(21)23-13(2)17(20)24-16-9-7-15(8-10-16)22-11-19;1-12-2-4-13(5-3-12)17(20)21-10-16(19)23-15-8-6-14(7-9-15)22-11-18;/h6-13H,2-5,14H2,1H3;2-9H,10-12H2,1H3;3-10,13H,1-2H3;2-9H,10H2,1H3;1H4. The molecule has 0 radical (unpaired) electrons. The van der Waals surface area contributed by atoms with E-state index in [1.807, 2.05) is 52.0 Å². The number of carbonyl (C=O) groups excluding carboxylic acids is 8. The van der Waals surface area contributed by atoms with Gasteiger partial charge in [-0.15, -0.1) is 21.0 Å². The molecular formula is C76H70N4O21. The average molecular weight is 1380 g/mol. The van der Waals surface area contributed by atoms with Gasteiger partial charge < -0.3 is 61.6 Å². The number of nitriles is 4. The maximum absolute atomic E-state index is 12.0. The van der Waals surface area contributed by atoms with Crippen LogP contribution in [0.15, 0.2) is 194 Å². The summed E-state index contributed by atoms with van der Waals surface area (Å²) in [4.78, 5) is 94.3. The molecule has 0 aliphatic rings. The number of benzene rings is 8.